The van der Waals surface area contributed by atoms with Crippen molar-refractivity contribution in [3.8, 4) is 0 Å². The van der Waals surface area contributed by atoms with Crippen LogP contribution in [0.3, 0.4) is 0 Å². The van der Waals surface area contributed by atoms with E-state index in [4.69, 9.17) is 9.47 Å². The third kappa shape index (κ3) is 5.30. The average molecular weight is 487 g/mol. The zero-order chi connectivity index (χ0) is 24.8. The first-order valence-electron chi connectivity index (χ1n) is 12.8. The van der Waals surface area contributed by atoms with Crippen LogP contribution in [0, 0.1) is 0 Å². The predicted molar refractivity (Wildman–Crippen MR) is 131 cm³/mol. The van der Waals surface area contributed by atoms with Gasteiger partial charge in [-0.05, 0) is 44.6 Å². The van der Waals surface area contributed by atoms with Crippen molar-refractivity contribution < 1.29 is 23.9 Å². The number of hydrogen-bond donors (Lipinski definition) is 0. The zero-order valence-electron chi connectivity index (χ0n) is 21.0. The Kier molecular flexibility index (Phi) is 8.28. The minimum Gasteiger partial charge on any atom is -0.450 e. The van der Waals surface area contributed by atoms with Crippen LogP contribution >= 0.6 is 0 Å². The van der Waals surface area contributed by atoms with Gasteiger partial charge in [-0.1, -0.05) is 30.3 Å². The number of hydrogen-bond acceptors (Lipinski definition) is 6. The smallest absolute Gasteiger partial charge is 0.409 e. The van der Waals surface area contributed by atoms with E-state index in [1.54, 1.807) is 16.9 Å². The number of benzene rings is 1. The van der Waals surface area contributed by atoms with E-state index in [2.05, 4.69) is 4.90 Å². The van der Waals surface area contributed by atoms with Crippen LogP contribution in [0.5, 0.6) is 0 Å². The molecule has 1 aromatic carbocycles. The van der Waals surface area contributed by atoms with E-state index < -0.39 is 5.54 Å². The number of carbonyl (C=O) groups excluding carboxylic acids is 3. The summed E-state index contributed by atoms with van der Waals surface area (Å²) in [5, 5.41) is 0. The maximum atomic E-state index is 13.7. The molecule has 0 bridgehead atoms. The van der Waals surface area contributed by atoms with E-state index in [9.17, 15) is 14.4 Å². The highest BCUT2D eigenvalue weighted by molar-refractivity contribution is 6.07. The Balaban J connectivity index is 1.39. The highest BCUT2D eigenvalue weighted by Gasteiger charge is 2.57. The molecule has 0 unspecified atom stereocenters. The Hall–Kier alpha value is -2.65. The number of likely N-dealkylation sites (tertiary alicyclic amines) is 2. The molecule has 0 aliphatic carbocycles. The number of ether oxygens (including phenoxy) is 2. The minimum absolute atomic E-state index is 0.0636. The molecular weight excluding hydrogens is 448 g/mol. The fourth-order valence-electron chi connectivity index (χ4n) is 5.73. The molecule has 3 fully saturated rings. The Morgan fingerprint density at radius 3 is 2.34 bits per heavy atom. The lowest BCUT2D eigenvalue weighted by Gasteiger charge is -2.46. The number of imide groups is 1. The van der Waals surface area contributed by atoms with E-state index in [1.165, 1.54) is 4.90 Å². The summed E-state index contributed by atoms with van der Waals surface area (Å²) in [6.45, 7) is 6.33. The molecule has 9 heteroatoms. The molecule has 0 aromatic heterocycles. The second-order valence-electron chi connectivity index (χ2n) is 9.60. The highest BCUT2D eigenvalue weighted by atomic mass is 16.6. The van der Waals surface area contributed by atoms with Crippen LogP contribution in [0.15, 0.2) is 30.3 Å². The van der Waals surface area contributed by atoms with Crippen molar-refractivity contribution in [3.05, 3.63) is 35.9 Å². The van der Waals surface area contributed by atoms with E-state index >= 15 is 0 Å². The van der Waals surface area contributed by atoms with E-state index in [1.807, 2.05) is 37.3 Å². The molecule has 3 aliphatic rings. The molecule has 1 spiro atoms. The summed E-state index contributed by atoms with van der Waals surface area (Å²) in [4.78, 5) is 46.5. The summed E-state index contributed by atoms with van der Waals surface area (Å²) in [5.74, 6) is -0.0636. The molecule has 0 N–H and O–H groups in total. The third-order valence-electron chi connectivity index (χ3n) is 7.74. The molecule has 4 rings (SSSR count). The molecule has 4 amide bonds. The van der Waals surface area contributed by atoms with Gasteiger partial charge >= 0.3 is 12.1 Å². The molecule has 1 aromatic rings. The van der Waals surface area contributed by atoms with Gasteiger partial charge in [0.25, 0.3) is 5.91 Å². The maximum Gasteiger partial charge on any atom is 0.409 e. The lowest BCUT2D eigenvalue weighted by atomic mass is 9.84. The van der Waals surface area contributed by atoms with Crippen molar-refractivity contribution in [3.63, 3.8) is 0 Å². The highest BCUT2D eigenvalue weighted by Crippen LogP contribution is 2.38. The fourth-order valence-corrected chi connectivity index (χ4v) is 5.73. The summed E-state index contributed by atoms with van der Waals surface area (Å²) in [5.41, 5.74) is 0.329. The van der Waals surface area contributed by atoms with Crippen LogP contribution in [-0.4, -0.2) is 109 Å². The zero-order valence-corrected chi connectivity index (χ0v) is 21.0. The maximum absolute atomic E-state index is 13.7. The molecule has 9 nitrogen and oxygen atoms in total. The number of nitrogens with zero attached hydrogens (tertiary/aromatic N) is 4. The van der Waals surface area contributed by atoms with Crippen LogP contribution in [0.2, 0.25) is 0 Å². The molecule has 3 aliphatic heterocycles. The number of rotatable bonds is 8. The Morgan fingerprint density at radius 1 is 1.03 bits per heavy atom. The number of methoxy groups -OCH3 is 1. The Morgan fingerprint density at radius 2 is 1.71 bits per heavy atom. The van der Waals surface area contributed by atoms with Crippen molar-refractivity contribution in [2.75, 3.05) is 59.6 Å². The molecule has 3 saturated heterocycles. The van der Waals surface area contributed by atoms with Crippen molar-refractivity contribution in [1.82, 2.24) is 19.6 Å². The number of carbonyl (C=O) groups is 3. The molecule has 35 heavy (non-hydrogen) atoms. The first kappa shape index (κ1) is 25.4. The van der Waals surface area contributed by atoms with Gasteiger partial charge in [0.1, 0.15) is 5.54 Å². The van der Waals surface area contributed by atoms with E-state index in [0.29, 0.717) is 64.7 Å². The van der Waals surface area contributed by atoms with Crippen molar-refractivity contribution in [2.24, 2.45) is 0 Å². The third-order valence-corrected chi connectivity index (χ3v) is 7.74. The molecule has 192 valence electrons. The summed E-state index contributed by atoms with van der Waals surface area (Å²) >= 11 is 0. The molecule has 0 radical (unpaired) electrons. The van der Waals surface area contributed by atoms with Gasteiger partial charge < -0.3 is 24.2 Å². The number of piperidine rings is 2. The topological polar surface area (TPSA) is 82.6 Å². The number of amides is 4. The van der Waals surface area contributed by atoms with E-state index in [0.717, 1.165) is 31.5 Å². The normalized spacial score (nSPS) is 21.3. The predicted octanol–water partition coefficient (Wildman–Crippen LogP) is 2.60. The molecule has 0 atom stereocenters. The minimum atomic E-state index is -0.783. The van der Waals surface area contributed by atoms with Gasteiger partial charge in [0.2, 0.25) is 0 Å². The monoisotopic (exact) mass is 486 g/mol. The van der Waals surface area contributed by atoms with Crippen LogP contribution in [-0.2, 0) is 20.7 Å². The molecule has 3 heterocycles. The van der Waals surface area contributed by atoms with Gasteiger partial charge in [0.05, 0.1) is 13.2 Å². The number of urea groups is 1. The second kappa shape index (κ2) is 11.4. The average Bonchev–Trinajstić information content (AvgIpc) is 3.08. The lowest BCUT2D eigenvalue weighted by molar-refractivity contribution is -0.136. The van der Waals surface area contributed by atoms with Gasteiger partial charge in [-0.15, -0.1) is 0 Å². The second-order valence-corrected chi connectivity index (χ2v) is 9.60. The fraction of sp³-hybridized carbons (Fsp3) is 0.654. The van der Waals surface area contributed by atoms with Crippen LogP contribution in [0.25, 0.3) is 0 Å². The SMILES string of the molecule is CCOC(=O)N1CCC(N2CCC3(CC2)C(=O)N(CCc2ccccc2)C(=O)N3CCOC)CC1. The first-order valence-corrected chi connectivity index (χ1v) is 12.8. The van der Waals surface area contributed by atoms with Gasteiger partial charge in [0, 0.05) is 52.4 Å². The van der Waals surface area contributed by atoms with Gasteiger partial charge in [0.15, 0.2) is 0 Å². The van der Waals surface area contributed by atoms with Crippen molar-refractivity contribution >= 4 is 18.0 Å². The molecular formula is C26H38N4O5. The van der Waals surface area contributed by atoms with Crippen molar-refractivity contribution in [1.29, 1.82) is 0 Å². The van der Waals surface area contributed by atoms with Gasteiger partial charge in [-0.2, -0.15) is 0 Å². The Labute approximate surface area is 207 Å². The van der Waals surface area contributed by atoms with Crippen LogP contribution < -0.4 is 0 Å². The molecule has 0 saturated carbocycles. The van der Waals surface area contributed by atoms with Crippen molar-refractivity contribution in [2.45, 2.75) is 50.6 Å². The standard InChI is InChI=1S/C26H38N4O5/c1-3-35-25(33)28-14-10-22(11-15-28)27-17-12-26(13-18-27)23(31)29(24(32)30(26)19-20-34-2)16-9-21-7-5-4-6-8-21/h4-8,22H,3,9-20H2,1-2H3. The Bertz CT molecular complexity index is 879. The largest absolute Gasteiger partial charge is 0.450 e. The van der Waals surface area contributed by atoms with Gasteiger partial charge in [-0.3, -0.25) is 9.69 Å². The van der Waals surface area contributed by atoms with E-state index in [-0.39, 0.29) is 18.0 Å². The summed E-state index contributed by atoms with van der Waals surface area (Å²) in [6.07, 6.45) is 3.47. The summed E-state index contributed by atoms with van der Waals surface area (Å²) in [6, 6.07) is 10.1. The summed E-state index contributed by atoms with van der Waals surface area (Å²) < 4.78 is 10.4. The first-order chi connectivity index (χ1) is 17.0. The van der Waals surface area contributed by atoms with Gasteiger partial charge in [-0.25, -0.2) is 9.59 Å². The lowest BCUT2D eigenvalue weighted by Crippen LogP contribution is -2.59. The quantitative estimate of drug-likeness (QED) is 0.526. The summed E-state index contributed by atoms with van der Waals surface area (Å²) in [7, 11) is 1.62. The van der Waals surface area contributed by atoms with Crippen LogP contribution in [0.1, 0.15) is 38.2 Å². The van der Waals surface area contributed by atoms with Crippen LogP contribution in [0.4, 0.5) is 9.59 Å².